The molecule has 10 heteroatoms. The normalized spacial score (nSPS) is 22.3. The van der Waals surface area contributed by atoms with Crippen LogP contribution in [-0.4, -0.2) is 54.3 Å². The molecule has 37 heavy (non-hydrogen) atoms. The summed E-state index contributed by atoms with van der Waals surface area (Å²) in [4.78, 5) is 34.9. The second kappa shape index (κ2) is 11.0. The molecule has 2 saturated heterocycles. The fraction of sp³-hybridized carbons (Fsp3) is 0.370. The monoisotopic (exact) mass is 557 g/mol. The van der Waals surface area contributed by atoms with Crippen molar-refractivity contribution in [2.45, 2.75) is 42.1 Å². The van der Waals surface area contributed by atoms with Gasteiger partial charge in [-0.15, -0.1) is 11.8 Å². The standard InChI is InChI=1S/C27H28ClN3O4S2/c1-17(2)35-26-20(31-10-12-34-13-11-31)7-8-23(29-26)27(18-9-14-36-16-18)15-21(32)24(25(33)30-27)37-22-6-4-3-5-19(22)28/h3-9,14,16-17,24H,10-13,15H2,1-2H3,(H,30,33). The van der Waals surface area contributed by atoms with Crippen molar-refractivity contribution in [1.82, 2.24) is 10.3 Å². The van der Waals surface area contributed by atoms with Gasteiger partial charge < -0.3 is 19.7 Å². The van der Waals surface area contributed by atoms with Gasteiger partial charge in [-0.2, -0.15) is 11.3 Å². The van der Waals surface area contributed by atoms with Gasteiger partial charge in [0.2, 0.25) is 11.8 Å². The number of ether oxygens (including phenoxy) is 2. The largest absolute Gasteiger partial charge is 0.473 e. The molecule has 2 aliphatic rings. The van der Waals surface area contributed by atoms with E-state index >= 15 is 0 Å². The number of hydrogen-bond acceptors (Lipinski definition) is 8. The first kappa shape index (κ1) is 26.0. The van der Waals surface area contributed by atoms with Gasteiger partial charge >= 0.3 is 0 Å². The van der Waals surface area contributed by atoms with Crippen molar-refractivity contribution < 1.29 is 19.1 Å². The number of thioether (sulfide) groups is 1. The van der Waals surface area contributed by atoms with Crippen molar-refractivity contribution in [2.24, 2.45) is 0 Å². The number of morpholine rings is 1. The summed E-state index contributed by atoms with van der Waals surface area (Å²) in [6.07, 6.45) is -0.0265. The van der Waals surface area contributed by atoms with Crippen LogP contribution >= 0.6 is 34.7 Å². The Labute approximate surface area is 229 Å². The number of carbonyl (C=O) groups excluding carboxylic acids is 2. The number of rotatable bonds is 7. The number of piperidine rings is 1. The summed E-state index contributed by atoms with van der Waals surface area (Å²) in [7, 11) is 0. The molecule has 0 bridgehead atoms. The molecule has 2 unspecified atom stereocenters. The summed E-state index contributed by atoms with van der Waals surface area (Å²) >= 11 is 9.00. The number of aromatic nitrogens is 1. The molecule has 3 aromatic rings. The predicted molar refractivity (Wildman–Crippen MR) is 147 cm³/mol. The molecule has 7 nitrogen and oxygen atoms in total. The summed E-state index contributed by atoms with van der Waals surface area (Å²) in [6, 6.07) is 13.0. The lowest BCUT2D eigenvalue weighted by Crippen LogP contribution is -2.58. The van der Waals surface area contributed by atoms with Crippen LogP contribution in [0.25, 0.3) is 0 Å². The number of nitrogens with zero attached hydrogens (tertiary/aromatic N) is 2. The van der Waals surface area contributed by atoms with Crippen LogP contribution in [0.3, 0.4) is 0 Å². The fourth-order valence-corrected chi connectivity index (χ4v) is 6.59. The van der Waals surface area contributed by atoms with E-state index in [-0.39, 0.29) is 24.2 Å². The number of halogens is 1. The zero-order valence-electron chi connectivity index (χ0n) is 20.6. The third kappa shape index (κ3) is 5.36. The number of ketones is 1. The SMILES string of the molecule is CC(C)Oc1nc(C2(c3ccsc3)CC(=O)C(Sc3ccccc3Cl)C(=O)N2)ccc1N1CCOCC1. The first-order valence-electron chi connectivity index (χ1n) is 12.2. The molecule has 1 amide bonds. The van der Waals surface area contributed by atoms with Gasteiger partial charge in [0.25, 0.3) is 0 Å². The van der Waals surface area contributed by atoms with Crippen molar-refractivity contribution in [3.05, 3.63) is 69.5 Å². The number of nitrogens with one attached hydrogen (secondary N) is 1. The van der Waals surface area contributed by atoms with E-state index in [9.17, 15) is 9.59 Å². The van der Waals surface area contributed by atoms with E-state index in [1.807, 2.05) is 61.0 Å². The van der Waals surface area contributed by atoms with Gasteiger partial charge in [-0.05, 0) is 60.5 Å². The Bertz CT molecular complexity index is 1260. The highest BCUT2D eigenvalue weighted by molar-refractivity contribution is 8.01. The summed E-state index contributed by atoms with van der Waals surface area (Å²) in [6.45, 7) is 6.65. The van der Waals surface area contributed by atoms with Crippen LogP contribution in [0.1, 0.15) is 31.5 Å². The highest BCUT2D eigenvalue weighted by Gasteiger charge is 2.49. The molecular weight excluding hydrogens is 530 g/mol. The highest BCUT2D eigenvalue weighted by Crippen LogP contribution is 2.42. The molecule has 194 valence electrons. The van der Waals surface area contributed by atoms with Crippen LogP contribution in [0, 0.1) is 0 Å². The molecule has 2 aliphatic heterocycles. The molecule has 0 spiro atoms. The zero-order valence-corrected chi connectivity index (χ0v) is 23.0. The maximum absolute atomic E-state index is 13.6. The lowest BCUT2D eigenvalue weighted by molar-refractivity contribution is -0.133. The van der Waals surface area contributed by atoms with E-state index in [1.165, 1.54) is 23.1 Å². The van der Waals surface area contributed by atoms with Gasteiger partial charge in [-0.3, -0.25) is 9.59 Å². The van der Waals surface area contributed by atoms with Gasteiger partial charge in [0.05, 0.1) is 30.0 Å². The summed E-state index contributed by atoms with van der Waals surface area (Å²) in [5, 5.41) is 6.69. The van der Waals surface area contributed by atoms with Crippen molar-refractivity contribution in [3.63, 3.8) is 0 Å². The summed E-state index contributed by atoms with van der Waals surface area (Å²) in [5.41, 5.74) is 1.18. The third-order valence-electron chi connectivity index (χ3n) is 6.38. The molecule has 0 saturated carbocycles. The van der Waals surface area contributed by atoms with Crippen LogP contribution in [0.15, 0.2) is 58.1 Å². The summed E-state index contributed by atoms with van der Waals surface area (Å²) in [5.74, 6) is -0.0544. The first-order valence-corrected chi connectivity index (χ1v) is 14.4. The Morgan fingerprint density at radius 1 is 1.19 bits per heavy atom. The first-order chi connectivity index (χ1) is 17.9. The number of anilines is 1. The average Bonchev–Trinajstić information content (AvgIpc) is 3.43. The van der Waals surface area contributed by atoms with Crippen LogP contribution in [0.5, 0.6) is 5.88 Å². The van der Waals surface area contributed by atoms with Gasteiger partial charge in [0.15, 0.2) is 5.78 Å². The Kier molecular flexibility index (Phi) is 7.76. The number of Topliss-reactive ketones (excluding diaryl/α,β-unsaturated/α-hetero) is 1. The molecule has 2 atom stereocenters. The van der Waals surface area contributed by atoms with Crippen molar-refractivity contribution >= 4 is 52.1 Å². The van der Waals surface area contributed by atoms with E-state index in [2.05, 4.69) is 10.2 Å². The number of thiophene rings is 1. The van der Waals surface area contributed by atoms with E-state index < -0.39 is 10.8 Å². The van der Waals surface area contributed by atoms with E-state index in [0.29, 0.717) is 34.7 Å². The molecule has 1 N–H and O–H groups in total. The van der Waals surface area contributed by atoms with Crippen LogP contribution < -0.4 is 15.0 Å². The fourth-order valence-electron chi connectivity index (χ4n) is 4.62. The van der Waals surface area contributed by atoms with Gasteiger partial charge in [0.1, 0.15) is 16.5 Å². The van der Waals surface area contributed by atoms with Gasteiger partial charge in [-0.1, -0.05) is 23.7 Å². The Morgan fingerprint density at radius 3 is 2.65 bits per heavy atom. The van der Waals surface area contributed by atoms with Crippen LogP contribution in [-0.2, 0) is 19.9 Å². The minimum absolute atomic E-state index is 0.0720. The summed E-state index contributed by atoms with van der Waals surface area (Å²) < 4.78 is 11.7. The number of pyridine rings is 1. The van der Waals surface area contributed by atoms with Crippen molar-refractivity contribution in [3.8, 4) is 5.88 Å². The number of carbonyl (C=O) groups is 2. The molecular formula is C27H28ClN3O4S2. The van der Waals surface area contributed by atoms with E-state index in [0.717, 1.165) is 24.3 Å². The molecule has 0 aliphatic carbocycles. The minimum Gasteiger partial charge on any atom is -0.473 e. The van der Waals surface area contributed by atoms with Crippen molar-refractivity contribution in [1.29, 1.82) is 0 Å². The van der Waals surface area contributed by atoms with Gasteiger partial charge in [0, 0.05) is 24.4 Å². The van der Waals surface area contributed by atoms with Gasteiger partial charge in [-0.25, -0.2) is 4.98 Å². The van der Waals surface area contributed by atoms with E-state index in [4.69, 9.17) is 26.1 Å². The molecule has 4 heterocycles. The smallest absolute Gasteiger partial charge is 0.242 e. The topological polar surface area (TPSA) is 80.8 Å². The molecule has 2 aromatic heterocycles. The maximum Gasteiger partial charge on any atom is 0.242 e. The second-order valence-corrected chi connectivity index (χ2v) is 11.6. The lowest BCUT2D eigenvalue weighted by atomic mass is 9.79. The van der Waals surface area contributed by atoms with Crippen molar-refractivity contribution in [2.75, 3.05) is 31.2 Å². The lowest BCUT2D eigenvalue weighted by Gasteiger charge is -2.39. The number of benzene rings is 1. The van der Waals surface area contributed by atoms with Crippen LogP contribution in [0.2, 0.25) is 5.02 Å². The maximum atomic E-state index is 13.6. The Morgan fingerprint density at radius 2 is 1.97 bits per heavy atom. The molecule has 5 rings (SSSR count). The number of amides is 1. The Hall–Kier alpha value is -2.59. The van der Waals surface area contributed by atoms with Crippen LogP contribution in [0.4, 0.5) is 5.69 Å². The average molecular weight is 558 g/mol. The molecule has 0 radical (unpaired) electrons. The quantitative estimate of drug-likeness (QED) is 0.413. The molecule has 2 fully saturated rings. The Balaban J connectivity index is 1.53. The third-order valence-corrected chi connectivity index (χ3v) is 8.83. The molecule has 1 aromatic carbocycles. The zero-order chi connectivity index (χ0) is 26.0. The predicted octanol–water partition coefficient (Wildman–Crippen LogP) is 4.91. The van der Waals surface area contributed by atoms with E-state index in [1.54, 1.807) is 6.07 Å². The minimum atomic E-state index is -1.09. The highest BCUT2D eigenvalue weighted by atomic mass is 35.5. The second-order valence-electron chi connectivity index (χ2n) is 9.26. The number of hydrogen-bond donors (Lipinski definition) is 1.